The Morgan fingerprint density at radius 2 is 1.73 bits per heavy atom. The minimum atomic E-state index is -4.42. The number of likely N-dealkylation sites (tertiary alicyclic amines) is 1. The molecule has 41 heavy (non-hydrogen) atoms. The number of alkyl halides is 3. The third kappa shape index (κ3) is 6.75. The molecular weight excluding hydrogens is 537 g/mol. The number of hydrogen-bond acceptors (Lipinski definition) is 7. The lowest BCUT2D eigenvalue weighted by atomic mass is 10.0. The molecule has 11 heteroatoms. The van der Waals surface area contributed by atoms with E-state index >= 15 is 0 Å². The monoisotopic (exact) mass is 566 g/mol. The molecule has 0 spiro atoms. The zero-order valence-electron chi connectivity index (χ0n) is 22.6. The molecule has 1 saturated heterocycles. The maximum Gasteiger partial charge on any atom is 0.416 e. The van der Waals surface area contributed by atoms with Crippen LogP contribution < -0.4 is 14.8 Å². The predicted molar refractivity (Wildman–Crippen MR) is 148 cm³/mol. The average Bonchev–Trinajstić information content (AvgIpc) is 2.93. The van der Waals surface area contributed by atoms with Gasteiger partial charge in [-0.3, -0.25) is 9.69 Å². The Morgan fingerprint density at radius 1 is 1.00 bits per heavy atom. The van der Waals surface area contributed by atoms with E-state index < -0.39 is 11.7 Å². The smallest absolute Gasteiger partial charge is 0.416 e. The number of hydrogen-bond donors (Lipinski definition) is 1. The van der Waals surface area contributed by atoms with Crippen LogP contribution in [0.25, 0.3) is 22.2 Å². The zero-order valence-corrected chi connectivity index (χ0v) is 22.6. The molecule has 0 radical (unpaired) electrons. The van der Waals surface area contributed by atoms with E-state index in [1.165, 1.54) is 18.5 Å². The van der Waals surface area contributed by atoms with Gasteiger partial charge in [0.25, 0.3) is 0 Å². The summed E-state index contributed by atoms with van der Waals surface area (Å²) in [6.45, 7) is 3.17. The van der Waals surface area contributed by atoms with Crippen molar-refractivity contribution in [2.75, 3.05) is 45.8 Å². The number of anilines is 1. The van der Waals surface area contributed by atoms with Crippen molar-refractivity contribution in [3.63, 3.8) is 0 Å². The largest absolute Gasteiger partial charge is 0.493 e. The number of amides is 1. The van der Waals surface area contributed by atoms with Crippen LogP contribution in [0.4, 0.5) is 18.9 Å². The minimum Gasteiger partial charge on any atom is -0.493 e. The summed E-state index contributed by atoms with van der Waals surface area (Å²) in [4.78, 5) is 23.6. The van der Waals surface area contributed by atoms with E-state index in [1.807, 2.05) is 24.3 Å². The van der Waals surface area contributed by atoms with Crippen LogP contribution in [0.5, 0.6) is 11.5 Å². The molecular formula is C30H29F3N4O4. The van der Waals surface area contributed by atoms with E-state index in [2.05, 4.69) is 20.2 Å². The highest BCUT2D eigenvalue weighted by Crippen LogP contribution is 2.37. The molecule has 0 aliphatic carbocycles. The number of ether oxygens (including phenoxy) is 3. The number of halogens is 3. The topological polar surface area (TPSA) is 85.8 Å². The van der Waals surface area contributed by atoms with Gasteiger partial charge in [-0.2, -0.15) is 13.2 Å². The standard InChI is InChI=1S/C30H29F3N4O4/c1-39-12-11-37-16-23(17-37)41-27-15-25-24(14-26(27)40-2)29(35-18-34-25)20-5-9-22(10-6-20)36-28(38)13-19-3-7-21(8-4-19)30(31,32)33/h3-10,14-15,18,23H,11-13,16-17H2,1-2H3,(H,36,38). The number of aromatic nitrogens is 2. The number of nitrogens with one attached hydrogen (secondary N) is 1. The van der Waals surface area contributed by atoms with E-state index in [4.69, 9.17) is 14.2 Å². The van der Waals surface area contributed by atoms with E-state index in [0.29, 0.717) is 40.6 Å². The highest BCUT2D eigenvalue weighted by molar-refractivity contribution is 5.95. The van der Waals surface area contributed by atoms with Crippen molar-refractivity contribution in [1.82, 2.24) is 14.9 Å². The van der Waals surface area contributed by atoms with Crippen LogP contribution in [-0.2, 0) is 22.1 Å². The number of methoxy groups -OCH3 is 2. The van der Waals surface area contributed by atoms with Crippen LogP contribution in [0.1, 0.15) is 11.1 Å². The van der Waals surface area contributed by atoms with Gasteiger partial charge < -0.3 is 19.5 Å². The van der Waals surface area contributed by atoms with Crippen LogP contribution in [0.15, 0.2) is 67.0 Å². The fourth-order valence-electron chi connectivity index (χ4n) is 4.64. The van der Waals surface area contributed by atoms with Crippen LogP contribution >= 0.6 is 0 Å². The van der Waals surface area contributed by atoms with Gasteiger partial charge in [-0.15, -0.1) is 0 Å². The fraction of sp³-hybridized carbons (Fsp3) is 0.300. The summed E-state index contributed by atoms with van der Waals surface area (Å²) >= 11 is 0. The average molecular weight is 567 g/mol. The van der Waals surface area contributed by atoms with Crippen molar-refractivity contribution in [3.8, 4) is 22.8 Å². The summed E-state index contributed by atoms with van der Waals surface area (Å²) in [7, 11) is 3.28. The lowest BCUT2D eigenvalue weighted by Gasteiger charge is -2.38. The van der Waals surface area contributed by atoms with Gasteiger partial charge in [0, 0.05) is 49.4 Å². The number of nitrogens with zero attached hydrogens (tertiary/aromatic N) is 3. The van der Waals surface area contributed by atoms with E-state index in [-0.39, 0.29) is 18.4 Å². The molecule has 1 aliphatic rings. The first-order valence-corrected chi connectivity index (χ1v) is 13.0. The molecule has 214 valence electrons. The Hall–Kier alpha value is -4.22. The third-order valence-corrected chi connectivity index (χ3v) is 6.84. The quantitative estimate of drug-likeness (QED) is 0.282. The second kappa shape index (κ2) is 12.1. The molecule has 2 heterocycles. The van der Waals surface area contributed by atoms with E-state index in [1.54, 1.807) is 26.4 Å². The SMILES string of the molecule is COCCN1CC(Oc2cc3ncnc(-c4ccc(NC(=O)Cc5ccc(C(F)(F)F)cc5)cc4)c3cc2OC)C1. The van der Waals surface area contributed by atoms with Gasteiger partial charge in [-0.25, -0.2) is 9.97 Å². The highest BCUT2D eigenvalue weighted by Gasteiger charge is 2.30. The summed E-state index contributed by atoms with van der Waals surface area (Å²) in [5, 5.41) is 3.56. The maximum absolute atomic E-state index is 12.8. The van der Waals surface area contributed by atoms with Crippen molar-refractivity contribution in [3.05, 3.63) is 78.1 Å². The Balaban J connectivity index is 1.26. The summed E-state index contributed by atoms with van der Waals surface area (Å²) in [6, 6.07) is 15.4. The second-order valence-electron chi connectivity index (χ2n) is 9.73. The minimum absolute atomic E-state index is 0.0489. The lowest BCUT2D eigenvalue weighted by Crippen LogP contribution is -2.54. The first kappa shape index (κ1) is 28.3. The van der Waals surface area contributed by atoms with Crippen LogP contribution in [0.3, 0.4) is 0 Å². The number of carbonyl (C=O) groups excluding carboxylic acids is 1. The zero-order chi connectivity index (χ0) is 29.0. The molecule has 5 rings (SSSR count). The molecule has 1 aliphatic heterocycles. The van der Waals surface area contributed by atoms with Crippen molar-refractivity contribution in [2.24, 2.45) is 0 Å². The van der Waals surface area contributed by atoms with Gasteiger partial charge in [-0.05, 0) is 35.9 Å². The van der Waals surface area contributed by atoms with Gasteiger partial charge in [0.2, 0.25) is 5.91 Å². The maximum atomic E-state index is 12.8. The molecule has 4 aromatic rings. The first-order valence-electron chi connectivity index (χ1n) is 13.0. The van der Waals surface area contributed by atoms with Crippen molar-refractivity contribution < 1.29 is 32.2 Å². The van der Waals surface area contributed by atoms with Crippen molar-refractivity contribution in [2.45, 2.75) is 18.7 Å². The van der Waals surface area contributed by atoms with Gasteiger partial charge in [-0.1, -0.05) is 24.3 Å². The molecule has 1 amide bonds. The summed E-state index contributed by atoms with van der Waals surface area (Å²) < 4.78 is 55.2. The fourth-order valence-corrected chi connectivity index (χ4v) is 4.64. The van der Waals surface area contributed by atoms with Crippen molar-refractivity contribution in [1.29, 1.82) is 0 Å². The highest BCUT2D eigenvalue weighted by atomic mass is 19.4. The normalized spacial score (nSPS) is 14.1. The number of rotatable bonds is 10. The summed E-state index contributed by atoms with van der Waals surface area (Å²) in [5.41, 5.74) is 2.49. The predicted octanol–water partition coefficient (Wildman–Crippen LogP) is 5.21. The molecule has 8 nitrogen and oxygen atoms in total. The molecule has 0 saturated carbocycles. The molecule has 1 N–H and O–H groups in total. The van der Waals surface area contributed by atoms with E-state index in [0.717, 1.165) is 42.7 Å². The molecule has 1 aromatic heterocycles. The van der Waals surface area contributed by atoms with Crippen LogP contribution in [0.2, 0.25) is 0 Å². The lowest BCUT2D eigenvalue weighted by molar-refractivity contribution is -0.137. The van der Waals surface area contributed by atoms with Gasteiger partial charge >= 0.3 is 6.18 Å². The number of benzene rings is 3. The van der Waals surface area contributed by atoms with Gasteiger partial charge in [0.05, 0.1) is 36.9 Å². The first-order chi connectivity index (χ1) is 19.7. The molecule has 0 atom stereocenters. The van der Waals surface area contributed by atoms with Gasteiger partial charge in [0.15, 0.2) is 11.5 Å². The third-order valence-electron chi connectivity index (χ3n) is 6.84. The molecule has 0 unspecified atom stereocenters. The second-order valence-corrected chi connectivity index (χ2v) is 9.73. The Morgan fingerprint density at radius 3 is 2.39 bits per heavy atom. The van der Waals surface area contributed by atoms with Crippen LogP contribution in [0, 0.1) is 0 Å². The Bertz CT molecular complexity index is 1510. The van der Waals surface area contributed by atoms with E-state index in [9.17, 15) is 18.0 Å². The molecule has 3 aromatic carbocycles. The Kier molecular flexibility index (Phi) is 8.36. The van der Waals surface area contributed by atoms with Crippen LogP contribution in [-0.4, -0.2) is 67.3 Å². The number of carbonyl (C=O) groups is 1. The summed E-state index contributed by atoms with van der Waals surface area (Å²) in [5.74, 6) is 0.860. The molecule has 0 bridgehead atoms. The van der Waals surface area contributed by atoms with Gasteiger partial charge in [0.1, 0.15) is 12.4 Å². The van der Waals surface area contributed by atoms with Crippen molar-refractivity contribution >= 4 is 22.5 Å². The number of fused-ring (bicyclic) bond motifs is 1. The molecule has 1 fully saturated rings. The summed E-state index contributed by atoms with van der Waals surface area (Å²) in [6.07, 6.45) is -2.92. The Labute approximate surface area is 235 Å².